The van der Waals surface area contributed by atoms with E-state index < -0.39 is 0 Å². The molecule has 2 radical (unpaired) electrons. The van der Waals surface area contributed by atoms with E-state index in [4.69, 9.17) is 0 Å². The summed E-state index contributed by atoms with van der Waals surface area (Å²) in [6.07, 6.45) is 7.07. The Hall–Kier alpha value is -4.22. The fraction of sp³-hybridized carbons (Fsp3) is 0. The van der Waals surface area contributed by atoms with Crippen LogP contribution >= 0.6 is 0 Å². The topological polar surface area (TPSA) is 203 Å². The summed E-state index contributed by atoms with van der Waals surface area (Å²) in [5, 5.41) is 0. The van der Waals surface area contributed by atoms with Crippen molar-refractivity contribution in [3.63, 3.8) is 0 Å². The molecule has 0 fully saturated rings. The van der Waals surface area contributed by atoms with E-state index in [1.54, 1.807) is 24.8 Å². The van der Waals surface area contributed by atoms with Crippen LogP contribution in [0.15, 0.2) is 134 Å². The Kier molecular flexibility index (Phi) is 19.6. The monoisotopic (exact) mass is 648 g/mol. The molecule has 0 aliphatic heterocycles. The Labute approximate surface area is 264 Å². The van der Waals surface area contributed by atoms with Crippen LogP contribution in [-0.4, -0.2) is 51.8 Å². The zero-order chi connectivity index (χ0) is 24.4. The molecule has 0 bridgehead atoms. The maximum absolute atomic E-state index is 4.59. The molecule has 0 aromatic carbocycles. The van der Waals surface area contributed by atoms with E-state index in [1.807, 2.05) is 109 Å². The standard InChI is InChI=1S/2C15H11N3.2Mn.4H2O/c2*1-3-10-16-12(6-1)14-8-5-9-15(18-14)13-7-2-4-11-17-13;;;;;;/h2*1-11H;;;4*1H2/q;;;+2;;;;. The summed E-state index contributed by atoms with van der Waals surface area (Å²) < 4.78 is 0. The first-order valence-corrected chi connectivity index (χ1v) is 11.5. The minimum absolute atomic E-state index is 0. The van der Waals surface area contributed by atoms with Crippen LogP contribution in [0.1, 0.15) is 0 Å². The van der Waals surface area contributed by atoms with Gasteiger partial charge in [-0.25, -0.2) is 9.97 Å². The molecule has 0 aliphatic carbocycles. The zero-order valence-corrected chi connectivity index (χ0v) is 24.5. The smallest absolute Gasteiger partial charge is 0.412 e. The fourth-order valence-electron chi connectivity index (χ4n) is 3.50. The summed E-state index contributed by atoms with van der Waals surface area (Å²) in [5.74, 6) is 0. The van der Waals surface area contributed by atoms with E-state index in [0.29, 0.717) is 0 Å². The quantitative estimate of drug-likeness (QED) is 0.263. The second kappa shape index (κ2) is 20.6. The summed E-state index contributed by atoms with van der Waals surface area (Å²) in [6.45, 7) is 0. The van der Waals surface area contributed by atoms with Crippen LogP contribution in [-0.2, 0) is 34.1 Å². The molecule has 0 spiro atoms. The summed E-state index contributed by atoms with van der Waals surface area (Å²) in [7, 11) is 0. The molecule has 8 N–H and O–H groups in total. The second-order valence-electron chi connectivity index (χ2n) is 7.68. The van der Waals surface area contributed by atoms with Crippen LogP contribution < -0.4 is 0 Å². The van der Waals surface area contributed by atoms with Gasteiger partial charge < -0.3 is 21.9 Å². The molecule has 216 valence electrons. The van der Waals surface area contributed by atoms with Gasteiger partial charge >= 0.3 is 17.1 Å². The molecular weight excluding hydrogens is 618 g/mol. The average molecular weight is 648 g/mol. The van der Waals surface area contributed by atoms with E-state index >= 15 is 0 Å². The third-order valence-corrected chi connectivity index (χ3v) is 5.21. The molecule has 0 atom stereocenters. The number of hydrogen-bond donors (Lipinski definition) is 0. The first kappa shape index (κ1) is 39.9. The molecule has 0 saturated heterocycles. The zero-order valence-electron chi connectivity index (χ0n) is 22.1. The number of rotatable bonds is 4. The molecule has 6 aromatic heterocycles. The Morgan fingerprint density at radius 1 is 0.286 bits per heavy atom. The van der Waals surface area contributed by atoms with Crippen molar-refractivity contribution >= 4 is 0 Å². The van der Waals surface area contributed by atoms with Crippen molar-refractivity contribution in [3.05, 3.63) is 134 Å². The number of pyridine rings is 6. The van der Waals surface area contributed by atoms with Crippen LogP contribution in [0, 0.1) is 0 Å². The minimum atomic E-state index is 0. The van der Waals surface area contributed by atoms with Crippen LogP contribution in [0.2, 0.25) is 0 Å². The van der Waals surface area contributed by atoms with Gasteiger partial charge in [0.2, 0.25) is 0 Å². The average Bonchev–Trinajstić information content (AvgIpc) is 2.99. The van der Waals surface area contributed by atoms with Crippen molar-refractivity contribution in [1.82, 2.24) is 29.9 Å². The Bertz CT molecular complexity index is 1310. The van der Waals surface area contributed by atoms with Crippen LogP contribution in [0.25, 0.3) is 45.6 Å². The van der Waals surface area contributed by atoms with Crippen molar-refractivity contribution in [2.75, 3.05) is 0 Å². The van der Waals surface area contributed by atoms with Gasteiger partial charge in [-0.3, -0.25) is 19.9 Å². The molecule has 6 aromatic rings. The maximum Gasteiger partial charge on any atom is 2.00 e. The largest absolute Gasteiger partial charge is 2.00 e. The molecule has 6 rings (SSSR count). The van der Waals surface area contributed by atoms with Crippen LogP contribution in [0.5, 0.6) is 0 Å². The summed E-state index contributed by atoms with van der Waals surface area (Å²) in [5.41, 5.74) is 6.92. The molecular formula is C30H30Mn2N6O4+2. The molecule has 0 unspecified atom stereocenters. The molecule has 12 heteroatoms. The molecule has 0 saturated carbocycles. The van der Waals surface area contributed by atoms with Gasteiger partial charge in [0.25, 0.3) is 0 Å². The number of hydrogen-bond acceptors (Lipinski definition) is 6. The number of aromatic nitrogens is 6. The van der Waals surface area contributed by atoms with Gasteiger partial charge in [0.05, 0.1) is 45.6 Å². The van der Waals surface area contributed by atoms with E-state index in [0.717, 1.165) is 45.6 Å². The number of nitrogens with zero attached hydrogens (tertiary/aromatic N) is 6. The Morgan fingerprint density at radius 3 is 0.690 bits per heavy atom. The van der Waals surface area contributed by atoms with Crippen molar-refractivity contribution in [2.45, 2.75) is 0 Å². The van der Waals surface area contributed by atoms with Gasteiger partial charge in [-0.15, -0.1) is 0 Å². The normalized spacial score (nSPS) is 8.76. The van der Waals surface area contributed by atoms with E-state index in [9.17, 15) is 0 Å². The molecule has 0 amide bonds. The summed E-state index contributed by atoms with van der Waals surface area (Å²) >= 11 is 0. The van der Waals surface area contributed by atoms with Gasteiger partial charge in [0.15, 0.2) is 0 Å². The predicted octanol–water partition coefficient (Wildman–Crippen LogP) is 3.11. The third kappa shape index (κ3) is 10.6. The molecule has 10 nitrogen and oxygen atoms in total. The van der Waals surface area contributed by atoms with E-state index in [1.165, 1.54) is 0 Å². The van der Waals surface area contributed by atoms with Crippen molar-refractivity contribution in [3.8, 4) is 45.6 Å². The summed E-state index contributed by atoms with van der Waals surface area (Å²) in [4.78, 5) is 26.4. The SMILES string of the molecule is O.O.O.O.[Mn+2].[Mn].c1ccc(-c2cccc(-c3ccccn3)n2)nc1.c1ccc(-c2cccc(-c3ccccn3)n2)nc1. The van der Waals surface area contributed by atoms with Crippen molar-refractivity contribution in [1.29, 1.82) is 0 Å². The van der Waals surface area contributed by atoms with E-state index in [-0.39, 0.29) is 56.0 Å². The van der Waals surface area contributed by atoms with Crippen LogP contribution in [0.3, 0.4) is 0 Å². The molecule has 6 heterocycles. The van der Waals surface area contributed by atoms with E-state index in [2.05, 4.69) is 29.9 Å². The van der Waals surface area contributed by atoms with Crippen molar-refractivity contribution in [2.24, 2.45) is 0 Å². The predicted molar refractivity (Wildman–Crippen MR) is 156 cm³/mol. The first-order valence-electron chi connectivity index (χ1n) is 11.5. The first-order chi connectivity index (χ1) is 17.9. The van der Waals surface area contributed by atoms with Gasteiger partial charge in [-0.2, -0.15) is 0 Å². The molecule has 0 aliphatic rings. The van der Waals surface area contributed by atoms with Gasteiger partial charge in [0, 0.05) is 41.9 Å². The van der Waals surface area contributed by atoms with Crippen LogP contribution in [0.4, 0.5) is 0 Å². The minimum Gasteiger partial charge on any atom is -0.412 e. The van der Waals surface area contributed by atoms with Gasteiger partial charge in [-0.1, -0.05) is 36.4 Å². The summed E-state index contributed by atoms with van der Waals surface area (Å²) in [6, 6.07) is 35.0. The van der Waals surface area contributed by atoms with Crippen molar-refractivity contribution < 1.29 is 56.0 Å². The Morgan fingerprint density at radius 2 is 0.500 bits per heavy atom. The third-order valence-electron chi connectivity index (χ3n) is 5.21. The fourth-order valence-corrected chi connectivity index (χ4v) is 3.50. The molecule has 42 heavy (non-hydrogen) atoms. The van der Waals surface area contributed by atoms with Gasteiger partial charge in [0.1, 0.15) is 0 Å². The maximum atomic E-state index is 4.59. The van der Waals surface area contributed by atoms with Gasteiger partial charge in [-0.05, 0) is 72.8 Å². The Balaban J connectivity index is 0. The second-order valence-corrected chi connectivity index (χ2v) is 7.68.